The molecule has 0 fully saturated rings. The molecule has 88 valence electrons. The predicted molar refractivity (Wildman–Crippen MR) is 64.7 cm³/mol. The second-order valence-electron chi connectivity index (χ2n) is 3.46. The number of hydrogen-bond donors (Lipinski definition) is 3. The van der Waals surface area contributed by atoms with Gasteiger partial charge in [-0.2, -0.15) is 0 Å². The molecule has 0 aliphatic rings. The van der Waals surface area contributed by atoms with Gasteiger partial charge in [-0.25, -0.2) is 10.2 Å². The normalized spacial score (nSPS) is 11.4. The Bertz CT molecular complexity index is 376. The van der Waals surface area contributed by atoms with E-state index in [-0.39, 0.29) is 5.82 Å². The first kappa shape index (κ1) is 12.4. The molecule has 4 N–H and O–H groups in total. The van der Waals surface area contributed by atoms with Crippen molar-refractivity contribution >= 4 is 11.6 Å². The molecule has 0 saturated carbocycles. The minimum Gasteiger partial charge on any atom is -0.325 e. The quantitative estimate of drug-likeness (QED) is 0.317. The lowest BCUT2D eigenvalue weighted by Crippen LogP contribution is -2.36. The van der Waals surface area contributed by atoms with Crippen molar-refractivity contribution in [1.29, 1.82) is 0 Å². The highest BCUT2D eigenvalue weighted by Crippen LogP contribution is 2.15. The number of guanidine groups is 1. The summed E-state index contributed by atoms with van der Waals surface area (Å²) in [4.78, 5) is 4.17. The number of hydrogen-bond acceptors (Lipinski definition) is 2. The molecular formula is C11H17FN4. The molecule has 0 saturated heterocycles. The van der Waals surface area contributed by atoms with Crippen LogP contribution in [0.3, 0.4) is 0 Å². The molecule has 4 nitrogen and oxygen atoms in total. The average Bonchev–Trinajstić information content (AvgIpc) is 2.28. The Morgan fingerprint density at radius 1 is 1.50 bits per heavy atom. The average molecular weight is 224 g/mol. The van der Waals surface area contributed by atoms with E-state index in [0.717, 1.165) is 12.0 Å². The van der Waals surface area contributed by atoms with E-state index in [2.05, 4.69) is 15.7 Å². The third-order valence-electron chi connectivity index (χ3n) is 2.08. The van der Waals surface area contributed by atoms with Crippen molar-refractivity contribution in [3.05, 3.63) is 29.6 Å². The van der Waals surface area contributed by atoms with Gasteiger partial charge in [-0.05, 0) is 31.0 Å². The standard InChI is InChI=1S/C11H17FN4/c1-3-6-14-11(16-13)15-10-7-9(12)5-4-8(10)2/h4-5,7H,3,6,13H2,1-2H3,(H2,14,15,16). The van der Waals surface area contributed by atoms with Gasteiger partial charge in [-0.3, -0.25) is 10.4 Å². The Kier molecular flexibility index (Phi) is 4.72. The van der Waals surface area contributed by atoms with Gasteiger partial charge in [0.2, 0.25) is 5.96 Å². The summed E-state index contributed by atoms with van der Waals surface area (Å²) in [5.74, 6) is 5.46. The van der Waals surface area contributed by atoms with Crippen LogP contribution in [-0.4, -0.2) is 12.5 Å². The lowest BCUT2D eigenvalue weighted by atomic mass is 10.2. The van der Waals surface area contributed by atoms with Gasteiger partial charge < -0.3 is 5.32 Å². The summed E-state index contributed by atoms with van der Waals surface area (Å²) >= 11 is 0. The third kappa shape index (κ3) is 3.51. The molecule has 0 bridgehead atoms. The minimum absolute atomic E-state index is 0.292. The van der Waals surface area contributed by atoms with Crippen molar-refractivity contribution in [1.82, 2.24) is 5.43 Å². The smallest absolute Gasteiger partial charge is 0.210 e. The van der Waals surface area contributed by atoms with E-state index in [9.17, 15) is 4.39 Å². The lowest BCUT2D eigenvalue weighted by Gasteiger charge is -2.11. The summed E-state index contributed by atoms with van der Waals surface area (Å²) in [5, 5.41) is 2.95. The van der Waals surface area contributed by atoms with Crippen molar-refractivity contribution in [2.75, 3.05) is 11.9 Å². The number of halogens is 1. The number of nitrogens with two attached hydrogens (primary N) is 1. The van der Waals surface area contributed by atoms with Gasteiger partial charge in [-0.15, -0.1) is 0 Å². The molecule has 0 aromatic heterocycles. The highest BCUT2D eigenvalue weighted by molar-refractivity contribution is 5.93. The molecule has 5 heteroatoms. The van der Waals surface area contributed by atoms with Gasteiger partial charge in [0.15, 0.2) is 0 Å². The fourth-order valence-corrected chi connectivity index (χ4v) is 1.20. The number of nitrogens with one attached hydrogen (secondary N) is 2. The van der Waals surface area contributed by atoms with Gasteiger partial charge in [0.25, 0.3) is 0 Å². The third-order valence-corrected chi connectivity index (χ3v) is 2.08. The van der Waals surface area contributed by atoms with Gasteiger partial charge in [-0.1, -0.05) is 13.0 Å². The van der Waals surface area contributed by atoms with Crippen LogP contribution in [0.15, 0.2) is 23.2 Å². The summed E-state index contributed by atoms with van der Waals surface area (Å²) in [7, 11) is 0. The maximum atomic E-state index is 13.0. The van der Waals surface area contributed by atoms with Crippen LogP contribution in [-0.2, 0) is 0 Å². The minimum atomic E-state index is -0.292. The number of nitrogens with zero attached hydrogens (tertiary/aromatic N) is 1. The van der Waals surface area contributed by atoms with E-state index in [4.69, 9.17) is 5.84 Å². The number of anilines is 1. The second-order valence-corrected chi connectivity index (χ2v) is 3.46. The van der Waals surface area contributed by atoms with Crippen LogP contribution < -0.4 is 16.6 Å². The van der Waals surface area contributed by atoms with E-state index in [1.807, 2.05) is 13.8 Å². The summed E-state index contributed by atoms with van der Waals surface area (Å²) in [6, 6.07) is 4.53. The first-order chi connectivity index (χ1) is 7.67. The molecule has 0 heterocycles. The summed E-state index contributed by atoms with van der Waals surface area (Å²) < 4.78 is 13.0. The Morgan fingerprint density at radius 3 is 2.88 bits per heavy atom. The highest BCUT2D eigenvalue weighted by Gasteiger charge is 2.02. The first-order valence-electron chi connectivity index (χ1n) is 5.21. The van der Waals surface area contributed by atoms with Crippen LogP contribution in [0.2, 0.25) is 0 Å². The Balaban J connectivity index is 2.81. The van der Waals surface area contributed by atoms with Gasteiger partial charge >= 0.3 is 0 Å². The summed E-state index contributed by atoms with van der Waals surface area (Å²) in [6.45, 7) is 4.57. The van der Waals surface area contributed by atoms with Gasteiger partial charge in [0.1, 0.15) is 5.82 Å². The summed E-state index contributed by atoms with van der Waals surface area (Å²) in [5.41, 5.74) is 4.04. The maximum absolute atomic E-state index is 13.0. The van der Waals surface area contributed by atoms with Crippen LogP contribution in [0.5, 0.6) is 0 Å². The van der Waals surface area contributed by atoms with Crippen LogP contribution >= 0.6 is 0 Å². The molecule has 1 aromatic rings. The lowest BCUT2D eigenvalue weighted by molar-refractivity contribution is 0.628. The van der Waals surface area contributed by atoms with Crippen LogP contribution in [0.4, 0.5) is 10.1 Å². The van der Waals surface area contributed by atoms with Crippen LogP contribution in [0, 0.1) is 12.7 Å². The Morgan fingerprint density at radius 2 is 2.25 bits per heavy atom. The molecule has 16 heavy (non-hydrogen) atoms. The van der Waals surface area contributed by atoms with Gasteiger partial charge in [0.05, 0.1) is 0 Å². The molecule has 0 atom stereocenters. The molecule has 0 radical (unpaired) electrons. The van der Waals surface area contributed by atoms with Crippen LogP contribution in [0.1, 0.15) is 18.9 Å². The Labute approximate surface area is 94.7 Å². The molecular weight excluding hydrogens is 207 g/mol. The number of aryl methyl sites for hydroxylation is 1. The van der Waals surface area contributed by atoms with Crippen LogP contribution in [0.25, 0.3) is 0 Å². The largest absolute Gasteiger partial charge is 0.325 e. The fraction of sp³-hybridized carbons (Fsp3) is 0.364. The van der Waals surface area contributed by atoms with E-state index in [1.165, 1.54) is 12.1 Å². The number of hydrazine groups is 1. The van der Waals surface area contributed by atoms with E-state index < -0.39 is 0 Å². The topological polar surface area (TPSA) is 62.4 Å². The SMILES string of the molecule is CCCN=C(NN)Nc1cc(F)ccc1C. The zero-order valence-corrected chi connectivity index (χ0v) is 9.55. The Hall–Kier alpha value is -1.62. The van der Waals surface area contributed by atoms with E-state index in [0.29, 0.717) is 18.2 Å². The van der Waals surface area contributed by atoms with Crippen molar-refractivity contribution in [2.24, 2.45) is 10.8 Å². The monoisotopic (exact) mass is 224 g/mol. The molecule has 0 aliphatic heterocycles. The maximum Gasteiger partial charge on any atom is 0.210 e. The van der Waals surface area contributed by atoms with Crippen molar-refractivity contribution < 1.29 is 4.39 Å². The zero-order valence-electron chi connectivity index (χ0n) is 9.55. The fourth-order valence-electron chi connectivity index (χ4n) is 1.20. The first-order valence-corrected chi connectivity index (χ1v) is 5.21. The highest BCUT2D eigenvalue weighted by atomic mass is 19.1. The number of rotatable bonds is 3. The molecule has 1 rings (SSSR count). The zero-order chi connectivity index (χ0) is 12.0. The second kappa shape index (κ2) is 6.07. The molecule has 0 unspecified atom stereocenters. The van der Waals surface area contributed by atoms with Crippen molar-refractivity contribution in [3.63, 3.8) is 0 Å². The van der Waals surface area contributed by atoms with Crippen molar-refractivity contribution in [3.8, 4) is 0 Å². The number of benzene rings is 1. The predicted octanol–water partition coefficient (Wildman–Crippen LogP) is 1.78. The van der Waals surface area contributed by atoms with Gasteiger partial charge in [0, 0.05) is 12.2 Å². The van der Waals surface area contributed by atoms with E-state index in [1.54, 1.807) is 6.07 Å². The molecule has 0 spiro atoms. The van der Waals surface area contributed by atoms with E-state index >= 15 is 0 Å². The van der Waals surface area contributed by atoms with Crippen molar-refractivity contribution in [2.45, 2.75) is 20.3 Å². The summed E-state index contributed by atoms with van der Waals surface area (Å²) in [6.07, 6.45) is 0.926. The molecule has 1 aromatic carbocycles. The molecule has 0 amide bonds. The molecule has 0 aliphatic carbocycles. The number of aliphatic imine (C=N–C) groups is 1.